The van der Waals surface area contributed by atoms with Crippen LogP contribution < -0.4 is 5.73 Å². The van der Waals surface area contributed by atoms with Crippen molar-refractivity contribution in [2.24, 2.45) is 5.73 Å². The fourth-order valence-corrected chi connectivity index (χ4v) is 1.58. The van der Waals surface area contributed by atoms with Gasteiger partial charge in [0.25, 0.3) is 0 Å². The fourth-order valence-electron chi connectivity index (χ4n) is 1.58. The van der Waals surface area contributed by atoms with Gasteiger partial charge in [-0.1, -0.05) is 20.8 Å². The monoisotopic (exact) mass is 158 g/mol. The lowest BCUT2D eigenvalue weighted by Gasteiger charge is -2.28. The highest BCUT2D eigenvalue weighted by molar-refractivity contribution is 4.68. The Kier molecular flexibility index (Phi) is 6.57. The van der Waals surface area contributed by atoms with Crippen molar-refractivity contribution in [2.75, 3.05) is 19.6 Å². The molecule has 2 heteroatoms. The van der Waals surface area contributed by atoms with Gasteiger partial charge in [-0.2, -0.15) is 0 Å². The zero-order valence-electron chi connectivity index (χ0n) is 8.14. The third-order valence-corrected chi connectivity index (χ3v) is 2.30. The molecule has 0 saturated heterocycles. The summed E-state index contributed by atoms with van der Waals surface area (Å²) >= 11 is 0. The Bertz CT molecular complexity index is 79.6. The molecule has 0 aliphatic carbocycles. The number of nitrogens with zero attached hydrogens (tertiary/aromatic N) is 1. The van der Waals surface area contributed by atoms with Gasteiger partial charge in [0.1, 0.15) is 0 Å². The van der Waals surface area contributed by atoms with Crippen LogP contribution in [0.15, 0.2) is 0 Å². The van der Waals surface area contributed by atoms with E-state index >= 15 is 0 Å². The van der Waals surface area contributed by atoms with E-state index in [1.165, 1.54) is 6.42 Å². The molecule has 1 atom stereocenters. The van der Waals surface area contributed by atoms with Crippen LogP contribution in [-0.2, 0) is 0 Å². The SMILES string of the molecule is CCC(CCN)N(CC)CC. The lowest BCUT2D eigenvalue weighted by Crippen LogP contribution is -2.35. The van der Waals surface area contributed by atoms with E-state index in [1.54, 1.807) is 0 Å². The van der Waals surface area contributed by atoms with Gasteiger partial charge in [-0.25, -0.2) is 0 Å². The van der Waals surface area contributed by atoms with Crippen LogP contribution in [0.5, 0.6) is 0 Å². The molecule has 0 aromatic heterocycles. The standard InChI is InChI=1S/C9H22N2/c1-4-9(7-8-10)11(5-2)6-3/h9H,4-8,10H2,1-3H3. The van der Waals surface area contributed by atoms with Crippen molar-refractivity contribution in [2.45, 2.75) is 39.7 Å². The molecule has 0 spiro atoms. The van der Waals surface area contributed by atoms with Gasteiger partial charge < -0.3 is 10.6 Å². The minimum absolute atomic E-state index is 0.704. The number of hydrogen-bond acceptors (Lipinski definition) is 2. The molecule has 0 heterocycles. The molecule has 0 aliphatic heterocycles. The van der Waals surface area contributed by atoms with Gasteiger partial charge in [-0.15, -0.1) is 0 Å². The summed E-state index contributed by atoms with van der Waals surface area (Å²) in [5.74, 6) is 0. The van der Waals surface area contributed by atoms with E-state index in [-0.39, 0.29) is 0 Å². The summed E-state index contributed by atoms with van der Waals surface area (Å²) in [6.07, 6.45) is 2.36. The molecule has 0 fully saturated rings. The third-order valence-electron chi connectivity index (χ3n) is 2.30. The van der Waals surface area contributed by atoms with Gasteiger partial charge in [0.2, 0.25) is 0 Å². The second-order valence-corrected chi connectivity index (χ2v) is 2.86. The summed E-state index contributed by atoms with van der Waals surface area (Å²) in [6.45, 7) is 9.77. The first kappa shape index (κ1) is 10.9. The first-order valence-electron chi connectivity index (χ1n) is 4.74. The van der Waals surface area contributed by atoms with Crippen LogP contribution in [0.1, 0.15) is 33.6 Å². The van der Waals surface area contributed by atoms with E-state index in [1.807, 2.05) is 0 Å². The largest absolute Gasteiger partial charge is 0.330 e. The summed E-state index contributed by atoms with van der Waals surface area (Å²) in [6, 6.07) is 0.704. The molecule has 0 aliphatic rings. The van der Waals surface area contributed by atoms with Crippen molar-refractivity contribution >= 4 is 0 Å². The molecule has 2 N–H and O–H groups in total. The van der Waals surface area contributed by atoms with Crippen LogP contribution in [-0.4, -0.2) is 30.6 Å². The Morgan fingerprint density at radius 3 is 2.00 bits per heavy atom. The molecule has 2 nitrogen and oxygen atoms in total. The van der Waals surface area contributed by atoms with Crippen LogP contribution in [0.2, 0.25) is 0 Å². The summed E-state index contributed by atoms with van der Waals surface area (Å²) in [4.78, 5) is 2.48. The maximum Gasteiger partial charge on any atom is 0.0104 e. The molecule has 11 heavy (non-hydrogen) atoms. The zero-order valence-corrected chi connectivity index (χ0v) is 8.14. The van der Waals surface area contributed by atoms with Crippen molar-refractivity contribution in [3.63, 3.8) is 0 Å². The van der Waals surface area contributed by atoms with Crippen LogP contribution in [0.3, 0.4) is 0 Å². The molecular weight excluding hydrogens is 136 g/mol. The van der Waals surface area contributed by atoms with E-state index < -0.39 is 0 Å². The molecule has 0 aromatic rings. The summed E-state index contributed by atoms with van der Waals surface area (Å²) < 4.78 is 0. The normalized spacial score (nSPS) is 13.9. The first-order valence-corrected chi connectivity index (χ1v) is 4.74. The van der Waals surface area contributed by atoms with Gasteiger partial charge in [0, 0.05) is 6.04 Å². The first-order chi connectivity index (χ1) is 5.29. The highest BCUT2D eigenvalue weighted by atomic mass is 15.1. The van der Waals surface area contributed by atoms with E-state index in [0.717, 1.165) is 26.1 Å². The minimum atomic E-state index is 0.704. The lowest BCUT2D eigenvalue weighted by atomic mass is 10.1. The summed E-state index contributed by atoms with van der Waals surface area (Å²) in [5, 5.41) is 0. The smallest absolute Gasteiger partial charge is 0.0104 e. The topological polar surface area (TPSA) is 29.3 Å². The number of hydrogen-bond donors (Lipinski definition) is 1. The van der Waals surface area contributed by atoms with Gasteiger partial charge >= 0.3 is 0 Å². The molecule has 0 saturated carbocycles. The Hall–Kier alpha value is -0.0800. The highest BCUT2D eigenvalue weighted by Gasteiger charge is 2.11. The zero-order chi connectivity index (χ0) is 8.69. The Morgan fingerprint density at radius 2 is 1.73 bits per heavy atom. The van der Waals surface area contributed by atoms with E-state index in [9.17, 15) is 0 Å². The van der Waals surface area contributed by atoms with Crippen molar-refractivity contribution in [1.29, 1.82) is 0 Å². The molecule has 68 valence electrons. The minimum Gasteiger partial charge on any atom is -0.330 e. The molecule has 0 aromatic carbocycles. The van der Waals surface area contributed by atoms with Crippen molar-refractivity contribution in [3.05, 3.63) is 0 Å². The van der Waals surface area contributed by atoms with Crippen LogP contribution in [0.25, 0.3) is 0 Å². The molecule has 0 rings (SSSR count). The molecule has 1 unspecified atom stereocenters. The van der Waals surface area contributed by atoms with Gasteiger partial charge in [0.05, 0.1) is 0 Å². The quantitative estimate of drug-likeness (QED) is 0.634. The second kappa shape index (κ2) is 6.62. The molecular formula is C9H22N2. The predicted octanol–water partition coefficient (Wildman–Crippen LogP) is 1.46. The van der Waals surface area contributed by atoms with Crippen LogP contribution in [0.4, 0.5) is 0 Å². The van der Waals surface area contributed by atoms with Crippen LogP contribution >= 0.6 is 0 Å². The molecule has 0 amide bonds. The maximum atomic E-state index is 5.53. The van der Waals surface area contributed by atoms with Crippen molar-refractivity contribution in [3.8, 4) is 0 Å². The van der Waals surface area contributed by atoms with E-state index in [0.29, 0.717) is 6.04 Å². The van der Waals surface area contributed by atoms with Crippen molar-refractivity contribution in [1.82, 2.24) is 4.90 Å². The average molecular weight is 158 g/mol. The van der Waals surface area contributed by atoms with E-state index in [2.05, 4.69) is 25.7 Å². The molecule has 0 bridgehead atoms. The highest BCUT2D eigenvalue weighted by Crippen LogP contribution is 2.06. The molecule has 0 radical (unpaired) electrons. The average Bonchev–Trinajstić information content (AvgIpc) is 2.05. The van der Waals surface area contributed by atoms with Gasteiger partial charge in [-0.3, -0.25) is 0 Å². The van der Waals surface area contributed by atoms with Gasteiger partial charge in [-0.05, 0) is 32.5 Å². The predicted molar refractivity (Wildman–Crippen MR) is 50.7 cm³/mol. The van der Waals surface area contributed by atoms with E-state index in [4.69, 9.17) is 5.73 Å². The Morgan fingerprint density at radius 1 is 1.18 bits per heavy atom. The summed E-state index contributed by atoms with van der Waals surface area (Å²) in [5.41, 5.74) is 5.53. The van der Waals surface area contributed by atoms with Gasteiger partial charge in [0.15, 0.2) is 0 Å². The Balaban J connectivity index is 3.76. The number of nitrogens with two attached hydrogens (primary N) is 1. The second-order valence-electron chi connectivity index (χ2n) is 2.86. The lowest BCUT2D eigenvalue weighted by molar-refractivity contribution is 0.203. The number of rotatable bonds is 6. The Labute approximate surface area is 70.8 Å². The van der Waals surface area contributed by atoms with Crippen molar-refractivity contribution < 1.29 is 0 Å². The third kappa shape index (κ3) is 3.73. The fraction of sp³-hybridized carbons (Fsp3) is 1.00. The van der Waals surface area contributed by atoms with Crippen LogP contribution in [0, 0.1) is 0 Å². The summed E-state index contributed by atoms with van der Waals surface area (Å²) in [7, 11) is 0. The maximum absolute atomic E-state index is 5.53.